The molecule has 4 heteroatoms. The maximum atomic E-state index is 4.94. The molecule has 2 heterocycles. The second-order valence-electron chi connectivity index (χ2n) is 2.94. The molecule has 0 aliphatic carbocycles. The number of hydrogen-bond donors (Lipinski definition) is 1. The van der Waals surface area contributed by atoms with Gasteiger partial charge in [-0.15, -0.1) is 0 Å². The molecule has 2 aromatic rings. The molecule has 14 heavy (non-hydrogen) atoms. The van der Waals surface area contributed by atoms with Crippen LogP contribution in [0.4, 0.5) is 0 Å². The van der Waals surface area contributed by atoms with E-state index in [1.165, 1.54) is 0 Å². The van der Waals surface area contributed by atoms with Crippen molar-refractivity contribution >= 4 is 0 Å². The number of rotatable bonds is 4. The van der Waals surface area contributed by atoms with Crippen LogP contribution in [0.1, 0.15) is 11.3 Å². The summed E-state index contributed by atoms with van der Waals surface area (Å²) in [4.78, 5) is 4.02. The summed E-state index contributed by atoms with van der Waals surface area (Å²) >= 11 is 0. The van der Waals surface area contributed by atoms with Crippen LogP contribution in [0.15, 0.2) is 41.3 Å². The van der Waals surface area contributed by atoms with E-state index in [1.54, 1.807) is 12.4 Å². The van der Waals surface area contributed by atoms with Crippen LogP contribution in [0.3, 0.4) is 0 Å². The summed E-state index contributed by atoms with van der Waals surface area (Å²) in [6.45, 7) is 1.48. The molecule has 1 N–H and O–H groups in total. The Labute approximate surface area is 82.0 Å². The molecule has 72 valence electrons. The molecule has 0 saturated carbocycles. The molecule has 0 aliphatic heterocycles. The Hall–Kier alpha value is -1.68. The number of nitrogens with zero attached hydrogens (tertiary/aromatic N) is 2. The third kappa shape index (κ3) is 2.40. The van der Waals surface area contributed by atoms with Gasteiger partial charge in [0.15, 0.2) is 0 Å². The Balaban J connectivity index is 1.79. The third-order valence-electron chi connectivity index (χ3n) is 1.84. The van der Waals surface area contributed by atoms with E-state index in [9.17, 15) is 0 Å². The fourth-order valence-electron chi connectivity index (χ4n) is 1.17. The maximum Gasteiger partial charge on any atom is 0.150 e. The highest BCUT2D eigenvalue weighted by molar-refractivity contribution is 5.08. The molecule has 0 bridgehead atoms. The minimum absolute atomic E-state index is 0.689. The van der Waals surface area contributed by atoms with Crippen LogP contribution >= 0.6 is 0 Å². The van der Waals surface area contributed by atoms with Gasteiger partial charge in [-0.05, 0) is 11.6 Å². The van der Waals surface area contributed by atoms with Gasteiger partial charge >= 0.3 is 0 Å². The van der Waals surface area contributed by atoms with Gasteiger partial charge in [-0.1, -0.05) is 11.2 Å². The van der Waals surface area contributed by atoms with E-state index < -0.39 is 0 Å². The van der Waals surface area contributed by atoms with Crippen molar-refractivity contribution in [2.24, 2.45) is 0 Å². The largest absolute Gasteiger partial charge is 0.360 e. The van der Waals surface area contributed by atoms with Crippen LogP contribution in [0.5, 0.6) is 0 Å². The van der Waals surface area contributed by atoms with E-state index in [1.807, 2.05) is 24.4 Å². The van der Waals surface area contributed by atoms with Gasteiger partial charge in [0.05, 0.1) is 12.7 Å². The Kier molecular flexibility index (Phi) is 2.88. The first kappa shape index (κ1) is 8.90. The SMILES string of the molecule is c1cncc(CNCc2ccno2)c1. The third-order valence-corrected chi connectivity index (χ3v) is 1.84. The molecule has 0 saturated heterocycles. The second-order valence-corrected chi connectivity index (χ2v) is 2.94. The van der Waals surface area contributed by atoms with Gasteiger partial charge in [0.2, 0.25) is 0 Å². The Morgan fingerprint density at radius 3 is 2.93 bits per heavy atom. The lowest BCUT2D eigenvalue weighted by Gasteiger charge is -2.00. The van der Waals surface area contributed by atoms with E-state index in [4.69, 9.17) is 4.52 Å². The molecule has 0 fully saturated rings. The molecule has 2 rings (SSSR count). The lowest BCUT2D eigenvalue weighted by Crippen LogP contribution is -2.12. The van der Waals surface area contributed by atoms with Crippen molar-refractivity contribution < 1.29 is 4.52 Å². The predicted octanol–water partition coefficient (Wildman–Crippen LogP) is 1.36. The van der Waals surface area contributed by atoms with Crippen molar-refractivity contribution in [1.29, 1.82) is 0 Å². The van der Waals surface area contributed by atoms with Crippen molar-refractivity contribution in [2.75, 3.05) is 0 Å². The van der Waals surface area contributed by atoms with Gasteiger partial charge in [-0.25, -0.2) is 0 Å². The van der Waals surface area contributed by atoms with Crippen LogP contribution in [0, 0.1) is 0 Å². The average molecular weight is 189 g/mol. The Bertz CT molecular complexity index is 358. The molecule has 0 radical (unpaired) electrons. The van der Waals surface area contributed by atoms with Gasteiger partial charge in [-0.3, -0.25) is 4.98 Å². The minimum Gasteiger partial charge on any atom is -0.360 e. The Morgan fingerprint density at radius 1 is 1.21 bits per heavy atom. The molecule has 0 atom stereocenters. The van der Waals surface area contributed by atoms with E-state index >= 15 is 0 Å². The summed E-state index contributed by atoms with van der Waals surface area (Å²) in [5, 5.41) is 6.85. The highest BCUT2D eigenvalue weighted by atomic mass is 16.5. The van der Waals surface area contributed by atoms with Crippen LogP contribution in [-0.4, -0.2) is 10.1 Å². The lowest BCUT2D eigenvalue weighted by atomic mass is 10.3. The van der Waals surface area contributed by atoms with Crippen molar-refractivity contribution in [3.05, 3.63) is 48.1 Å². The number of hydrogen-bond acceptors (Lipinski definition) is 4. The summed E-state index contributed by atoms with van der Waals surface area (Å²) in [6.07, 6.45) is 5.24. The summed E-state index contributed by atoms with van der Waals surface area (Å²) in [5.74, 6) is 0.842. The first-order valence-electron chi connectivity index (χ1n) is 4.44. The number of aromatic nitrogens is 2. The molecule has 4 nitrogen and oxygen atoms in total. The smallest absolute Gasteiger partial charge is 0.150 e. The standard InChI is InChI=1S/C10H11N3O/c1-2-9(6-11-4-1)7-12-8-10-3-5-13-14-10/h1-6,12H,7-8H2. The fraction of sp³-hybridized carbons (Fsp3) is 0.200. The lowest BCUT2D eigenvalue weighted by molar-refractivity contribution is 0.372. The van der Waals surface area contributed by atoms with Crippen molar-refractivity contribution in [1.82, 2.24) is 15.5 Å². The zero-order valence-corrected chi connectivity index (χ0v) is 7.68. The highest BCUT2D eigenvalue weighted by Gasteiger charge is 1.96. The predicted molar refractivity (Wildman–Crippen MR) is 51.3 cm³/mol. The average Bonchev–Trinajstić information content (AvgIpc) is 2.72. The van der Waals surface area contributed by atoms with E-state index in [-0.39, 0.29) is 0 Å². The zero-order chi connectivity index (χ0) is 9.64. The molecule has 0 unspecified atom stereocenters. The quantitative estimate of drug-likeness (QED) is 0.789. The molecular weight excluding hydrogens is 178 g/mol. The van der Waals surface area contributed by atoms with Crippen LogP contribution < -0.4 is 5.32 Å². The molecule has 0 amide bonds. The maximum absolute atomic E-state index is 4.94. The Morgan fingerprint density at radius 2 is 2.21 bits per heavy atom. The summed E-state index contributed by atoms with van der Waals surface area (Å²) in [7, 11) is 0. The second kappa shape index (κ2) is 4.53. The van der Waals surface area contributed by atoms with E-state index in [0.29, 0.717) is 6.54 Å². The van der Waals surface area contributed by atoms with Crippen LogP contribution in [0.2, 0.25) is 0 Å². The fourth-order valence-corrected chi connectivity index (χ4v) is 1.17. The molecule has 0 aliphatic rings. The van der Waals surface area contributed by atoms with Gasteiger partial charge in [0.1, 0.15) is 5.76 Å². The van der Waals surface area contributed by atoms with E-state index in [2.05, 4.69) is 15.5 Å². The topological polar surface area (TPSA) is 51.0 Å². The monoisotopic (exact) mass is 189 g/mol. The molecular formula is C10H11N3O. The van der Waals surface area contributed by atoms with Gasteiger partial charge < -0.3 is 9.84 Å². The molecule has 0 aromatic carbocycles. The zero-order valence-electron chi connectivity index (χ0n) is 7.68. The summed E-state index contributed by atoms with van der Waals surface area (Å²) in [5.41, 5.74) is 1.16. The minimum atomic E-state index is 0.689. The molecule has 0 spiro atoms. The van der Waals surface area contributed by atoms with Crippen molar-refractivity contribution in [3.63, 3.8) is 0 Å². The highest BCUT2D eigenvalue weighted by Crippen LogP contribution is 1.98. The summed E-state index contributed by atoms with van der Waals surface area (Å²) < 4.78 is 4.94. The normalized spacial score (nSPS) is 10.3. The van der Waals surface area contributed by atoms with Crippen molar-refractivity contribution in [2.45, 2.75) is 13.1 Å². The van der Waals surface area contributed by atoms with E-state index in [0.717, 1.165) is 17.9 Å². The molecule has 2 aromatic heterocycles. The first-order valence-corrected chi connectivity index (χ1v) is 4.44. The van der Waals surface area contributed by atoms with Gasteiger partial charge in [0, 0.05) is 25.0 Å². The van der Waals surface area contributed by atoms with Crippen LogP contribution in [0.25, 0.3) is 0 Å². The van der Waals surface area contributed by atoms with Crippen molar-refractivity contribution in [3.8, 4) is 0 Å². The number of pyridine rings is 1. The first-order chi connectivity index (χ1) is 6.95. The van der Waals surface area contributed by atoms with Crippen LogP contribution in [-0.2, 0) is 13.1 Å². The number of nitrogens with one attached hydrogen (secondary N) is 1. The summed E-state index contributed by atoms with van der Waals surface area (Å²) in [6, 6.07) is 5.79. The van der Waals surface area contributed by atoms with Gasteiger partial charge in [0.25, 0.3) is 0 Å². The van der Waals surface area contributed by atoms with Gasteiger partial charge in [-0.2, -0.15) is 0 Å².